The van der Waals surface area contributed by atoms with Gasteiger partial charge in [0.2, 0.25) is 0 Å². The van der Waals surface area contributed by atoms with Crippen molar-refractivity contribution in [2.45, 2.75) is 32.7 Å². The van der Waals surface area contributed by atoms with E-state index in [1.54, 1.807) is 6.92 Å². The smallest absolute Gasteiger partial charge is 0.316 e. The van der Waals surface area contributed by atoms with Crippen LogP contribution in [0.1, 0.15) is 6.92 Å². The molecule has 0 aromatic rings. The number of aliphatic hydroxyl groups excluding tert-OH is 1. The predicted molar refractivity (Wildman–Crippen MR) is 47.9 cm³/mol. The lowest BCUT2D eigenvalue weighted by molar-refractivity contribution is 0.235. The summed E-state index contributed by atoms with van der Waals surface area (Å²) in [5.41, 5.74) is 0. The van der Waals surface area contributed by atoms with E-state index < -0.39 is 8.07 Å². The largest absolute Gasteiger partial charge is 0.393 e. The number of hydrogen-bond donors (Lipinski definition) is 1. The van der Waals surface area contributed by atoms with Crippen molar-refractivity contribution in [1.29, 1.82) is 0 Å². The first kappa shape index (κ1) is 12.6. The second-order valence-corrected chi connectivity index (χ2v) is 8.34. The molecular weight excluding hydrogens is 140 g/mol. The summed E-state index contributed by atoms with van der Waals surface area (Å²) < 4.78 is 0. The Balaban J connectivity index is 0. The third-order valence-electron chi connectivity index (χ3n) is 0.741. The predicted octanol–water partition coefficient (Wildman–Crippen LogP) is 0.533. The Hall–Kier alpha value is 0.943. The zero-order chi connectivity index (χ0) is 6.78. The molecule has 53 valence electrons. The molecule has 0 aliphatic carbocycles. The molecule has 0 rings (SSSR count). The van der Waals surface area contributed by atoms with Gasteiger partial charge in [-0.05, 0) is 13.0 Å². The van der Waals surface area contributed by atoms with Crippen LogP contribution >= 0.6 is 0 Å². The molecule has 9 heavy (non-hydrogen) atoms. The Labute approximate surface area is 75.0 Å². The molecule has 0 fully saturated rings. The minimum absolute atomic E-state index is 0. The fraction of sp³-hybridized carbons (Fsp3) is 0.833. The van der Waals surface area contributed by atoms with Gasteiger partial charge in [0, 0.05) is 0 Å². The third-order valence-corrected chi connectivity index (χ3v) is 2.22. The Kier molecular flexibility index (Phi) is 6.60. The summed E-state index contributed by atoms with van der Waals surface area (Å²) in [6.45, 7) is 8.43. The van der Waals surface area contributed by atoms with E-state index in [1.165, 1.54) is 0 Å². The molecule has 0 aromatic carbocycles. The van der Waals surface area contributed by atoms with Gasteiger partial charge in [-0.25, -0.2) is 0 Å². The number of hydrogen-bond acceptors (Lipinski definition) is 1. The maximum absolute atomic E-state index is 8.87. The van der Waals surface area contributed by atoms with E-state index in [2.05, 4.69) is 19.6 Å². The molecule has 0 aliphatic rings. The summed E-state index contributed by atoms with van der Waals surface area (Å²) >= 11 is 0. The zero-order valence-corrected chi connectivity index (χ0v) is 7.10. The molecule has 0 saturated heterocycles. The maximum atomic E-state index is 8.87. The monoisotopic (exact) mass is 157 g/mol. The van der Waals surface area contributed by atoms with Crippen LogP contribution in [-0.4, -0.2) is 42.3 Å². The van der Waals surface area contributed by atoms with Gasteiger partial charge in [0.25, 0.3) is 0 Å². The minimum atomic E-state index is -1.10. The van der Waals surface area contributed by atoms with Crippen molar-refractivity contribution in [1.82, 2.24) is 0 Å². The van der Waals surface area contributed by atoms with E-state index in [4.69, 9.17) is 5.11 Å². The van der Waals surface area contributed by atoms with Crippen LogP contribution in [0.2, 0.25) is 19.6 Å². The molecule has 0 spiro atoms. The van der Waals surface area contributed by atoms with Crippen LogP contribution in [0.4, 0.5) is 0 Å². The van der Waals surface area contributed by atoms with Crippen molar-refractivity contribution in [3.8, 4) is 0 Å². The first-order chi connectivity index (χ1) is 3.42. The molecule has 1 nitrogen and oxygen atoms in total. The van der Waals surface area contributed by atoms with Gasteiger partial charge in [-0.2, -0.15) is 0 Å². The first-order valence-electron chi connectivity index (χ1n) is 2.96. The molecule has 3 heteroatoms. The second kappa shape index (κ2) is 4.71. The van der Waals surface area contributed by atoms with Crippen molar-refractivity contribution < 1.29 is 5.11 Å². The van der Waals surface area contributed by atoms with E-state index in [0.29, 0.717) is 0 Å². The average Bonchev–Trinajstić information content (AvgIpc) is 1.21. The molecule has 1 atom stereocenters. The van der Waals surface area contributed by atoms with Crippen LogP contribution in [0.15, 0.2) is 0 Å². The third kappa shape index (κ3) is 12.2. The lowest BCUT2D eigenvalue weighted by atomic mass is 10.5. The Morgan fingerprint density at radius 2 is 1.67 bits per heavy atom. The van der Waals surface area contributed by atoms with E-state index in [0.717, 1.165) is 0 Å². The average molecular weight is 158 g/mol. The summed E-state index contributed by atoms with van der Waals surface area (Å²) in [6, 6.07) is 2.05. The molecule has 1 N–H and O–H groups in total. The van der Waals surface area contributed by atoms with Crippen molar-refractivity contribution in [2.75, 3.05) is 0 Å². The fourth-order valence-electron chi connectivity index (χ4n) is 0.724. The van der Waals surface area contributed by atoms with Gasteiger partial charge in [0.05, 0.1) is 14.2 Å². The highest BCUT2D eigenvalue weighted by molar-refractivity contribution is 6.79. The van der Waals surface area contributed by atoms with E-state index in [-0.39, 0.29) is 29.2 Å². The summed E-state index contributed by atoms with van der Waals surface area (Å²) in [5, 5.41) is 8.87. The van der Waals surface area contributed by atoms with Gasteiger partial charge >= 0.3 is 23.1 Å². The van der Waals surface area contributed by atoms with Crippen molar-refractivity contribution in [3.05, 3.63) is 6.04 Å². The van der Waals surface area contributed by atoms with Gasteiger partial charge < -0.3 is 5.11 Å². The standard InChI is InChI=1S/C6H15OSi.Mg.2H/c1-6(7)5-8(2,3)4;;;/h5-7H,1-4H3;;;. The second-order valence-electron chi connectivity index (χ2n) is 3.27. The Morgan fingerprint density at radius 3 is 1.67 bits per heavy atom. The summed E-state index contributed by atoms with van der Waals surface area (Å²) in [7, 11) is -1.10. The van der Waals surface area contributed by atoms with Crippen LogP contribution in [-0.2, 0) is 0 Å². The number of rotatable bonds is 2. The SMILES string of the molecule is CC(O)[CH][Si](C)(C)C.[MgH2]. The van der Waals surface area contributed by atoms with Crippen LogP contribution in [0.5, 0.6) is 0 Å². The van der Waals surface area contributed by atoms with Crippen molar-refractivity contribution >= 4 is 31.1 Å². The zero-order valence-electron chi connectivity index (χ0n) is 6.10. The van der Waals surface area contributed by atoms with Gasteiger partial charge in [-0.1, -0.05) is 19.6 Å². The molecule has 1 radical (unpaired) electrons. The van der Waals surface area contributed by atoms with Gasteiger partial charge in [0.1, 0.15) is 0 Å². The lowest BCUT2D eigenvalue weighted by Gasteiger charge is -2.16. The molecule has 1 unspecified atom stereocenters. The van der Waals surface area contributed by atoms with Crippen molar-refractivity contribution in [3.63, 3.8) is 0 Å². The number of aliphatic hydroxyl groups is 1. The summed E-state index contributed by atoms with van der Waals surface area (Å²) in [4.78, 5) is 0. The van der Waals surface area contributed by atoms with Crippen LogP contribution < -0.4 is 0 Å². The Bertz CT molecular complexity index is 67.9. The van der Waals surface area contributed by atoms with E-state index in [9.17, 15) is 0 Å². The van der Waals surface area contributed by atoms with Crippen LogP contribution in [0.25, 0.3) is 0 Å². The quantitative estimate of drug-likeness (QED) is 0.580. The molecule has 0 aliphatic heterocycles. The molecule has 0 bridgehead atoms. The topological polar surface area (TPSA) is 20.2 Å². The van der Waals surface area contributed by atoms with Crippen molar-refractivity contribution in [2.24, 2.45) is 0 Å². The molecule has 0 amide bonds. The molecule has 0 saturated carbocycles. The Morgan fingerprint density at radius 1 is 1.33 bits per heavy atom. The summed E-state index contributed by atoms with van der Waals surface area (Å²) in [5.74, 6) is 0. The maximum Gasteiger partial charge on any atom is 0.316 e. The lowest BCUT2D eigenvalue weighted by Crippen LogP contribution is -2.27. The first-order valence-corrected chi connectivity index (χ1v) is 6.53. The van der Waals surface area contributed by atoms with E-state index >= 15 is 0 Å². The van der Waals surface area contributed by atoms with Gasteiger partial charge in [-0.15, -0.1) is 0 Å². The van der Waals surface area contributed by atoms with E-state index in [1.807, 2.05) is 6.04 Å². The van der Waals surface area contributed by atoms with Gasteiger partial charge in [0.15, 0.2) is 0 Å². The highest BCUT2D eigenvalue weighted by Gasteiger charge is 2.15. The molecule has 0 aromatic heterocycles. The molecule has 0 heterocycles. The normalized spacial score (nSPS) is 14.3. The molecular formula is C6H17MgOSi. The summed E-state index contributed by atoms with van der Waals surface area (Å²) in [6.07, 6.45) is -0.221. The van der Waals surface area contributed by atoms with Crippen LogP contribution in [0, 0.1) is 6.04 Å². The highest BCUT2D eigenvalue weighted by atomic mass is 28.3. The minimum Gasteiger partial charge on any atom is -0.393 e. The van der Waals surface area contributed by atoms with Crippen LogP contribution in [0.3, 0.4) is 0 Å². The highest BCUT2D eigenvalue weighted by Crippen LogP contribution is 2.07. The fourth-order valence-corrected chi connectivity index (χ4v) is 2.17. The van der Waals surface area contributed by atoms with Gasteiger partial charge in [-0.3, -0.25) is 0 Å².